The summed E-state index contributed by atoms with van der Waals surface area (Å²) in [7, 11) is 0. The molecule has 1 aliphatic carbocycles. The van der Waals surface area contributed by atoms with Crippen LogP contribution in [0, 0.1) is 0 Å². The summed E-state index contributed by atoms with van der Waals surface area (Å²) in [5, 5.41) is 6.41. The van der Waals surface area contributed by atoms with E-state index in [0.29, 0.717) is 24.9 Å². The zero-order valence-electron chi connectivity index (χ0n) is 18.8. The first-order chi connectivity index (χ1) is 16.1. The van der Waals surface area contributed by atoms with Crippen LogP contribution in [0.4, 0.5) is 0 Å². The average Bonchev–Trinajstić information content (AvgIpc) is 3.14. The van der Waals surface area contributed by atoms with Crippen molar-refractivity contribution in [2.45, 2.75) is 69.8 Å². The number of fused-ring (bicyclic) bond motifs is 1. The van der Waals surface area contributed by atoms with E-state index in [4.69, 9.17) is 4.74 Å². The van der Waals surface area contributed by atoms with E-state index < -0.39 is 6.04 Å². The number of rotatable bonds is 6. The monoisotopic (exact) mass is 446 g/mol. The maximum atomic E-state index is 13.0. The number of pyridine rings is 1. The molecule has 2 N–H and O–H groups in total. The third-order valence-electron chi connectivity index (χ3n) is 6.87. The normalized spacial score (nSPS) is 25.0. The highest BCUT2D eigenvalue weighted by Gasteiger charge is 2.38. The Morgan fingerprint density at radius 1 is 1.15 bits per heavy atom. The maximum absolute atomic E-state index is 13.0. The van der Waals surface area contributed by atoms with E-state index in [1.807, 2.05) is 42.6 Å². The van der Waals surface area contributed by atoms with Crippen LogP contribution in [0.5, 0.6) is 5.75 Å². The molecule has 1 aromatic carbocycles. The number of aromatic nitrogens is 1. The number of benzene rings is 1. The van der Waals surface area contributed by atoms with Gasteiger partial charge in [0, 0.05) is 36.6 Å². The molecule has 3 aliphatic rings. The Labute approximate surface area is 194 Å². The SMILES string of the molecule is C=C1CCC(N2Cc3cc(O[C@@H]4CCCC[C@@H]4NCc4ccccn4)ccc3C2=O)C(=O)N1. The van der Waals surface area contributed by atoms with Crippen molar-refractivity contribution in [2.24, 2.45) is 0 Å². The van der Waals surface area contributed by atoms with Crippen molar-refractivity contribution in [3.05, 3.63) is 71.7 Å². The molecule has 2 aromatic rings. The molecule has 3 atom stereocenters. The molecule has 0 bridgehead atoms. The number of piperidine rings is 1. The predicted molar refractivity (Wildman–Crippen MR) is 124 cm³/mol. The fourth-order valence-corrected chi connectivity index (χ4v) is 5.09. The Morgan fingerprint density at radius 2 is 2.03 bits per heavy atom. The summed E-state index contributed by atoms with van der Waals surface area (Å²) in [6.07, 6.45) is 7.58. The first-order valence-electron chi connectivity index (χ1n) is 11.8. The molecule has 2 fully saturated rings. The average molecular weight is 447 g/mol. The van der Waals surface area contributed by atoms with E-state index in [0.717, 1.165) is 48.5 Å². The Kier molecular flexibility index (Phi) is 6.13. The standard InChI is InChI=1S/C26H30N4O3/c1-17-9-12-23(25(31)29-17)30-16-18-14-20(10-11-21(18)26(30)32)33-24-8-3-2-7-22(24)28-15-19-6-4-5-13-27-19/h4-6,10-11,13-14,22-24,28H,1-3,7-9,12,15-16H2,(H,29,31)/t22-,23?,24+/m0/s1. The second-order valence-corrected chi connectivity index (χ2v) is 9.15. The van der Waals surface area contributed by atoms with Crippen molar-refractivity contribution in [3.63, 3.8) is 0 Å². The summed E-state index contributed by atoms with van der Waals surface area (Å²) < 4.78 is 6.43. The summed E-state index contributed by atoms with van der Waals surface area (Å²) in [6, 6.07) is 11.5. The maximum Gasteiger partial charge on any atom is 0.255 e. The van der Waals surface area contributed by atoms with Gasteiger partial charge in [-0.3, -0.25) is 14.6 Å². The Hall–Kier alpha value is -3.19. The van der Waals surface area contributed by atoms with Gasteiger partial charge in [0.05, 0.1) is 5.69 Å². The summed E-state index contributed by atoms with van der Waals surface area (Å²) >= 11 is 0. The largest absolute Gasteiger partial charge is 0.489 e. The second-order valence-electron chi connectivity index (χ2n) is 9.15. The highest BCUT2D eigenvalue weighted by molar-refractivity contribution is 6.01. The van der Waals surface area contributed by atoms with Gasteiger partial charge in [-0.2, -0.15) is 0 Å². The minimum Gasteiger partial charge on any atom is -0.489 e. The predicted octanol–water partition coefficient (Wildman–Crippen LogP) is 3.31. The second kappa shape index (κ2) is 9.35. The minimum absolute atomic E-state index is 0.0730. The number of allylic oxidation sites excluding steroid dienone is 1. The van der Waals surface area contributed by atoms with Gasteiger partial charge in [0.15, 0.2) is 0 Å². The van der Waals surface area contributed by atoms with Crippen LogP contribution in [0.15, 0.2) is 54.9 Å². The van der Waals surface area contributed by atoms with Crippen LogP contribution in [0.3, 0.4) is 0 Å². The van der Waals surface area contributed by atoms with Gasteiger partial charge in [-0.05, 0) is 68.0 Å². The van der Waals surface area contributed by atoms with Crippen molar-refractivity contribution in [1.82, 2.24) is 20.5 Å². The molecule has 0 radical (unpaired) electrons. The third-order valence-corrected chi connectivity index (χ3v) is 6.87. The molecule has 1 aromatic heterocycles. The molecule has 5 rings (SSSR count). The lowest BCUT2D eigenvalue weighted by atomic mass is 9.92. The van der Waals surface area contributed by atoms with Gasteiger partial charge in [-0.15, -0.1) is 0 Å². The number of hydrogen-bond acceptors (Lipinski definition) is 5. The van der Waals surface area contributed by atoms with Crippen molar-refractivity contribution in [3.8, 4) is 5.75 Å². The lowest BCUT2D eigenvalue weighted by Crippen LogP contribution is -2.49. The van der Waals surface area contributed by atoms with E-state index in [2.05, 4.69) is 22.2 Å². The topological polar surface area (TPSA) is 83.6 Å². The van der Waals surface area contributed by atoms with Gasteiger partial charge in [-0.25, -0.2) is 0 Å². The smallest absolute Gasteiger partial charge is 0.255 e. The molecule has 7 nitrogen and oxygen atoms in total. The zero-order valence-corrected chi connectivity index (χ0v) is 18.8. The van der Waals surface area contributed by atoms with Gasteiger partial charge >= 0.3 is 0 Å². The van der Waals surface area contributed by atoms with E-state index in [9.17, 15) is 9.59 Å². The first-order valence-corrected chi connectivity index (χ1v) is 11.8. The van der Waals surface area contributed by atoms with Gasteiger partial charge in [0.2, 0.25) is 5.91 Å². The van der Waals surface area contributed by atoms with Crippen LogP contribution in [0.2, 0.25) is 0 Å². The zero-order chi connectivity index (χ0) is 22.8. The molecule has 3 heterocycles. The molecule has 7 heteroatoms. The van der Waals surface area contributed by atoms with E-state index in [1.165, 1.54) is 6.42 Å². The van der Waals surface area contributed by atoms with Crippen molar-refractivity contribution < 1.29 is 14.3 Å². The number of nitrogens with one attached hydrogen (secondary N) is 2. The first kappa shape index (κ1) is 21.6. The molecule has 1 saturated carbocycles. The van der Waals surface area contributed by atoms with Crippen molar-refractivity contribution >= 4 is 11.8 Å². The lowest BCUT2D eigenvalue weighted by molar-refractivity contribution is -0.126. The molecule has 172 valence electrons. The van der Waals surface area contributed by atoms with Gasteiger partial charge < -0.3 is 20.3 Å². The summed E-state index contributed by atoms with van der Waals surface area (Å²) in [4.78, 5) is 31.5. The molecular weight excluding hydrogens is 416 g/mol. The van der Waals surface area contributed by atoms with Crippen molar-refractivity contribution in [1.29, 1.82) is 0 Å². The van der Waals surface area contributed by atoms with Gasteiger partial charge in [0.25, 0.3) is 5.91 Å². The van der Waals surface area contributed by atoms with Gasteiger partial charge in [-0.1, -0.05) is 19.1 Å². The van der Waals surface area contributed by atoms with E-state index in [-0.39, 0.29) is 24.0 Å². The Balaban J connectivity index is 1.25. The molecule has 2 aliphatic heterocycles. The minimum atomic E-state index is -0.446. The Bertz CT molecular complexity index is 1050. The Morgan fingerprint density at radius 3 is 2.85 bits per heavy atom. The molecule has 2 amide bonds. The third kappa shape index (κ3) is 4.64. The fraction of sp³-hybridized carbons (Fsp3) is 0.423. The summed E-state index contributed by atoms with van der Waals surface area (Å²) in [6.45, 7) is 4.98. The molecule has 0 spiro atoms. The number of carbonyl (C=O) groups is 2. The molecular formula is C26H30N4O3. The highest BCUT2D eigenvalue weighted by atomic mass is 16.5. The number of hydrogen-bond donors (Lipinski definition) is 2. The number of ether oxygens (including phenoxy) is 1. The molecule has 1 unspecified atom stereocenters. The molecule has 33 heavy (non-hydrogen) atoms. The number of amides is 2. The number of nitrogens with zero attached hydrogens (tertiary/aromatic N) is 2. The van der Waals surface area contributed by atoms with Gasteiger partial charge in [0.1, 0.15) is 17.9 Å². The van der Waals surface area contributed by atoms with Crippen LogP contribution >= 0.6 is 0 Å². The van der Waals surface area contributed by atoms with Crippen LogP contribution in [-0.2, 0) is 17.9 Å². The van der Waals surface area contributed by atoms with Crippen LogP contribution in [0.25, 0.3) is 0 Å². The molecule has 1 saturated heterocycles. The summed E-state index contributed by atoms with van der Waals surface area (Å²) in [5.74, 6) is 0.547. The van der Waals surface area contributed by atoms with Crippen molar-refractivity contribution in [2.75, 3.05) is 0 Å². The quantitative estimate of drug-likeness (QED) is 0.711. The lowest BCUT2D eigenvalue weighted by Gasteiger charge is -2.32. The summed E-state index contributed by atoms with van der Waals surface area (Å²) in [5.41, 5.74) is 3.32. The number of carbonyl (C=O) groups excluding carboxylic acids is 2. The van der Waals surface area contributed by atoms with Crippen LogP contribution < -0.4 is 15.4 Å². The fourth-order valence-electron chi connectivity index (χ4n) is 5.09. The van der Waals surface area contributed by atoms with E-state index in [1.54, 1.807) is 4.90 Å². The van der Waals surface area contributed by atoms with Crippen LogP contribution in [-0.4, -0.2) is 39.9 Å². The highest BCUT2D eigenvalue weighted by Crippen LogP contribution is 2.32. The van der Waals surface area contributed by atoms with Crippen LogP contribution in [0.1, 0.15) is 60.1 Å². The van der Waals surface area contributed by atoms with E-state index >= 15 is 0 Å².